The molecular weight excluding hydrogens is 472 g/mol. The van der Waals surface area contributed by atoms with Crippen molar-refractivity contribution < 1.29 is 59.4 Å². The predicted molar refractivity (Wildman–Crippen MR) is 116 cm³/mol. The van der Waals surface area contributed by atoms with E-state index < -0.39 is 104 Å². The molecule has 3 rings (SSSR count). The minimum absolute atomic E-state index is 0.177. The van der Waals surface area contributed by atoms with Gasteiger partial charge in [0.25, 0.3) is 0 Å². The molecule has 11 N–H and O–H groups in total. The third kappa shape index (κ3) is 5.81. The molecule has 0 aromatic heterocycles. The van der Waals surface area contributed by atoms with E-state index in [4.69, 9.17) is 35.2 Å². The average molecular weight is 513 g/mol. The van der Waals surface area contributed by atoms with Crippen LogP contribution in [-0.2, 0) is 23.7 Å². The van der Waals surface area contributed by atoms with Crippen LogP contribution in [-0.4, -0.2) is 141 Å². The highest BCUT2D eigenvalue weighted by Crippen LogP contribution is 2.37. The van der Waals surface area contributed by atoms with E-state index in [1.54, 1.807) is 0 Å². The first-order chi connectivity index (χ1) is 16.3. The van der Waals surface area contributed by atoms with Crippen LogP contribution in [0.3, 0.4) is 0 Å². The van der Waals surface area contributed by atoms with Gasteiger partial charge in [0.05, 0.1) is 25.4 Å². The van der Waals surface area contributed by atoms with Gasteiger partial charge in [-0.3, -0.25) is 0 Å². The van der Waals surface area contributed by atoms with Crippen molar-refractivity contribution in [1.29, 1.82) is 0 Å². The Morgan fingerprint density at radius 2 is 1.23 bits per heavy atom. The predicted octanol–water partition coefficient (Wildman–Crippen LogP) is -4.90. The van der Waals surface area contributed by atoms with Crippen molar-refractivity contribution in [3.8, 4) is 0 Å². The Labute approximate surface area is 203 Å². The maximum atomic E-state index is 10.9. The third-order valence-electron chi connectivity index (χ3n) is 6.75. The second-order valence-corrected chi connectivity index (χ2v) is 10.4. The largest absolute Gasteiger partial charge is 0.394 e. The van der Waals surface area contributed by atoms with Gasteiger partial charge in [-0.15, -0.1) is 0 Å². The van der Waals surface area contributed by atoms with E-state index in [0.29, 0.717) is 0 Å². The number of aliphatic hydroxyl groups is 7. The second kappa shape index (κ2) is 11.4. The Balaban J connectivity index is 1.72. The first kappa shape index (κ1) is 29.0. The molecule has 14 heteroatoms. The number of hydrogen-bond donors (Lipinski definition) is 9. The number of rotatable bonds is 7. The van der Waals surface area contributed by atoms with Crippen LogP contribution in [0.2, 0.25) is 0 Å². The van der Waals surface area contributed by atoms with Gasteiger partial charge in [0.15, 0.2) is 12.6 Å². The summed E-state index contributed by atoms with van der Waals surface area (Å²) in [7, 11) is 0. The van der Waals surface area contributed by atoms with E-state index in [9.17, 15) is 35.7 Å². The smallest absolute Gasteiger partial charge is 0.187 e. The molecule has 0 saturated carbocycles. The van der Waals surface area contributed by atoms with Crippen LogP contribution in [0.1, 0.15) is 20.8 Å². The minimum Gasteiger partial charge on any atom is -0.394 e. The molecular formula is C21H40N2O12. The molecule has 0 amide bonds. The number of hydrogen-bond acceptors (Lipinski definition) is 14. The molecule has 206 valence electrons. The van der Waals surface area contributed by atoms with Crippen molar-refractivity contribution in [3.05, 3.63) is 0 Å². The quantitative estimate of drug-likeness (QED) is 0.155. The lowest BCUT2D eigenvalue weighted by Crippen LogP contribution is -2.67. The molecule has 0 spiro atoms. The number of aliphatic hydroxyl groups excluding tert-OH is 7. The monoisotopic (exact) mass is 512 g/mol. The van der Waals surface area contributed by atoms with E-state index >= 15 is 0 Å². The molecule has 6 unspecified atom stereocenters. The SMILES string of the molecule is CC(C)(C)[C@@H]1O[C@H](CO)[C@H](O[C@@H]2O[C@@H](CN)C(O[C@H]3OC(CO)[C@@H](O)C(O)[C@H]3O)C(O)C2N)C1O. The van der Waals surface area contributed by atoms with Gasteiger partial charge in [0.1, 0.15) is 61.0 Å². The van der Waals surface area contributed by atoms with Crippen LogP contribution in [0.15, 0.2) is 0 Å². The Kier molecular flexibility index (Phi) is 9.49. The molecule has 14 atom stereocenters. The molecule has 0 aromatic rings. The van der Waals surface area contributed by atoms with Crippen LogP contribution < -0.4 is 11.5 Å². The van der Waals surface area contributed by atoms with Gasteiger partial charge >= 0.3 is 0 Å². The summed E-state index contributed by atoms with van der Waals surface area (Å²) in [5.74, 6) is 0. The van der Waals surface area contributed by atoms with Crippen LogP contribution in [0.5, 0.6) is 0 Å². The molecule has 14 nitrogen and oxygen atoms in total. The fourth-order valence-electron chi connectivity index (χ4n) is 4.68. The molecule has 0 aromatic carbocycles. The maximum absolute atomic E-state index is 10.9. The summed E-state index contributed by atoms with van der Waals surface area (Å²) in [6.07, 6.45) is -16.3. The molecule has 0 radical (unpaired) electrons. The lowest BCUT2D eigenvalue weighted by atomic mass is 9.85. The molecule has 0 aliphatic carbocycles. The van der Waals surface area contributed by atoms with Gasteiger partial charge < -0.3 is 70.9 Å². The first-order valence-corrected chi connectivity index (χ1v) is 11.7. The van der Waals surface area contributed by atoms with E-state index in [1.807, 2.05) is 20.8 Å². The Morgan fingerprint density at radius 3 is 1.77 bits per heavy atom. The van der Waals surface area contributed by atoms with E-state index in [1.165, 1.54) is 0 Å². The molecule has 35 heavy (non-hydrogen) atoms. The fraction of sp³-hybridized carbons (Fsp3) is 1.00. The summed E-state index contributed by atoms with van der Waals surface area (Å²) in [6.45, 7) is 4.35. The molecule has 3 heterocycles. The summed E-state index contributed by atoms with van der Waals surface area (Å²) in [5.41, 5.74) is 11.5. The number of ether oxygens (including phenoxy) is 5. The molecule has 3 aliphatic rings. The molecule has 0 bridgehead atoms. The van der Waals surface area contributed by atoms with E-state index in [0.717, 1.165) is 0 Å². The Morgan fingerprint density at radius 1 is 0.686 bits per heavy atom. The molecule has 3 saturated heterocycles. The first-order valence-electron chi connectivity index (χ1n) is 11.7. The highest BCUT2D eigenvalue weighted by molar-refractivity contribution is 5.00. The Bertz CT molecular complexity index is 679. The van der Waals surface area contributed by atoms with Crippen molar-refractivity contribution in [1.82, 2.24) is 0 Å². The lowest BCUT2D eigenvalue weighted by molar-refractivity contribution is -0.348. The zero-order valence-electron chi connectivity index (χ0n) is 20.0. The van der Waals surface area contributed by atoms with Crippen LogP contribution in [0.25, 0.3) is 0 Å². The van der Waals surface area contributed by atoms with Gasteiger partial charge in [-0.1, -0.05) is 20.8 Å². The topological polar surface area (TPSA) is 240 Å². The Hall–Kier alpha value is -0.560. The maximum Gasteiger partial charge on any atom is 0.187 e. The van der Waals surface area contributed by atoms with Crippen LogP contribution >= 0.6 is 0 Å². The highest BCUT2D eigenvalue weighted by Gasteiger charge is 2.54. The third-order valence-corrected chi connectivity index (χ3v) is 6.75. The van der Waals surface area contributed by atoms with Gasteiger partial charge in [-0.05, 0) is 5.41 Å². The zero-order chi connectivity index (χ0) is 26.2. The summed E-state index contributed by atoms with van der Waals surface area (Å²) < 4.78 is 28.5. The van der Waals surface area contributed by atoms with Gasteiger partial charge in [-0.2, -0.15) is 0 Å². The summed E-state index contributed by atoms with van der Waals surface area (Å²) in [4.78, 5) is 0. The van der Waals surface area contributed by atoms with Gasteiger partial charge in [-0.25, -0.2) is 0 Å². The van der Waals surface area contributed by atoms with Crippen molar-refractivity contribution in [2.75, 3.05) is 19.8 Å². The zero-order valence-corrected chi connectivity index (χ0v) is 20.0. The van der Waals surface area contributed by atoms with Crippen molar-refractivity contribution in [3.63, 3.8) is 0 Å². The van der Waals surface area contributed by atoms with Gasteiger partial charge in [0, 0.05) is 6.54 Å². The minimum atomic E-state index is -1.70. The normalized spacial score (nSPS) is 49.4. The summed E-state index contributed by atoms with van der Waals surface area (Å²) in [6, 6.07) is -1.21. The van der Waals surface area contributed by atoms with Crippen molar-refractivity contribution in [2.24, 2.45) is 16.9 Å². The van der Waals surface area contributed by atoms with E-state index in [2.05, 4.69) is 0 Å². The molecule has 3 aliphatic heterocycles. The van der Waals surface area contributed by atoms with Crippen LogP contribution in [0, 0.1) is 5.41 Å². The lowest BCUT2D eigenvalue weighted by Gasteiger charge is -2.47. The second-order valence-electron chi connectivity index (χ2n) is 10.4. The summed E-state index contributed by atoms with van der Waals surface area (Å²) >= 11 is 0. The standard InChI is InChI=1S/C21H40N2O12/c1-21(2,3)18-15(30)17(9(6-25)31-18)34-19-10(23)12(27)16(7(4-22)32-19)35-20-14(29)13(28)11(26)8(5-24)33-20/h7-20,24-30H,4-6,22-23H2,1-3H3/t7-,8?,9+,10?,11+,12?,13?,14+,15?,16?,17-,18+,19-,20+/m0/s1. The molecule has 3 fully saturated rings. The van der Waals surface area contributed by atoms with Gasteiger partial charge in [0.2, 0.25) is 0 Å². The summed E-state index contributed by atoms with van der Waals surface area (Å²) in [5, 5.41) is 71.0. The number of nitrogens with two attached hydrogens (primary N) is 2. The van der Waals surface area contributed by atoms with Crippen molar-refractivity contribution >= 4 is 0 Å². The van der Waals surface area contributed by atoms with E-state index in [-0.39, 0.29) is 6.54 Å². The fourth-order valence-corrected chi connectivity index (χ4v) is 4.68. The highest BCUT2D eigenvalue weighted by atomic mass is 16.7. The average Bonchev–Trinajstić information content (AvgIpc) is 3.14. The van der Waals surface area contributed by atoms with Crippen LogP contribution in [0.4, 0.5) is 0 Å². The van der Waals surface area contributed by atoms with Crippen molar-refractivity contribution in [2.45, 2.75) is 107 Å².